The molecule has 0 saturated carbocycles. The Balaban J connectivity index is 2.06. The predicted molar refractivity (Wildman–Crippen MR) is 91.7 cm³/mol. The quantitative estimate of drug-likeness (QED) is 0.508. The van der Waals surface area contributed by atoms with Crippen LogP contribution in [0.3, 0.4) is 0 Å². The summed E-state index contributed by atoms with van der Waals surface area (Å²) in [7, 11) is 1.62. The van der Waals surface area contributed by atoms with Crippen molar-refractivity contribution in [1.82, 2.24) is 4.68 Å². The molecule has 7 heteroatoms. The fourth-order valence-electron chi connectivity index (χ4n) is 2.09. The highest BCUT2D eigenvalue weighted by molar-refractivity contribution is 7.07. The van der Waals surface area contributed by atoms with Crippen molar-refractivity contribution in [2.24, 2.45) is 10.1 Å². The number of methoxy groups -OCH3 is 1. The van der Waals surface area contributed by atoms with Gasteiger partial charge in [-0.3, -0.25) is 4.99 Å². The smallest absolute Gasteiger partial charge is 0.206 e. The first-order valence-electron chi connectivity index (χ1n) is 7.32. The van der Waals surface area contributed by atoms with E-state index in [-0.39, 0.29) is 5.82 Å². The van der Waals surface area contributed by atoms with Gasteiger partial charge < -0.3 is 9.15 Å². The van der Waals surface area contributed by atoms with Crippen molar-refractivity contribution in [2.75, 3.05) is 20.3 Å². The summed E-state index contributed by atoms with van der Waals surface area (Å²) in [5.74, 6) is 0.303. The molecule has 3 rings (SSSR count). The minimum atomic E-state index is -0.305. The number of benzene rings is 1. The lowest BCUT2D eigenvalue weighted by molar-refractivity contribution is 0.207. The lowest BCUT2D eigenvalue weighted by atomic mass is 10.1. The van der Waals surface area contributed by atoms with Crippen molar-refractivity contribution in [2.45, 2.75) is 0 Å². The van der Waals surface area contributed by atoms with Crippen LogP contribution in [0.15, 0.2) is 62.6 Å². The third kappa shape index (κ3) is 3.69. The van der Waals surface area contributed by atoms with Crippen LogP contribution in [-0.4, -0.2) is 31.2 Å². The van der Waals surface area contributed by atoms with Crippen molar-refractivity contribution in [3.05, 3.63) is 64.4 Å². The van der Waals surface area contributed by atoms with Gasteiger partial charge in [0.1, 0.15) is 11.6 Å². The van der Waals surface area contributed by atoms with E-state index in [0.717, 1.165) is 0 Å². The predicted octanol–water partition coefficient (Wildman–Crippen LogP) is 3.38. The second kappa shape index (κ2) is 7.85. The van der Waals surface area contributed by atoms with Gasteiger partial charge in [-0.15, -0.1) is 11.3 Å². The van der Waals surface area contributed by atoms with Crippen LogP contribution in [-0.2, 0) is 4.74 Å². The number of hydrogen-bond acceptors (Lipinski definition) is 5. The molecule has 0 saturated heterocycles. The third-order valence-electron chi connectivity index (χ3n) is 3.22. The molecular formula is C17H16FN3O2S. The SMILES string of the molecule is COCCN=c1scc(-c2ccccc2F)n1/N=C/c1ccco1. The first kappa shape index (κ1) is 16.4. The van der Waals surface area contributed by atoms with Crippen LogP contribution in [0.25, 0.3) is 11.3 Å². The van der Waals surface area contributed by atoms with Gasteiger partial charge in [0.15, 0.2) is 0 Å². The fraction of sp³-hybridized carbons (Fsp3) is 0.176. The summed E-state index contributed by atoms with van der Waals surface area (Å²) in [6.07, 6.45) is 3.15. The summed E-state index contributed by atoms with van der Waals surface area (Å²) >= 11 is 1.40. The fourth-order valence-corrected chi connectivity index (χ4v) is 2.94. The van der Waals surface area contributed by atoms with Crippen molar-refractivity contribution in [1.29, 1.82) is 0 Å². The van der Waals surface area contributed by atoms with E-state index in [2.05, 4.69) is 10.1 Å². The van der Waals surface area contributed by atoms with Crippen molar-refractivity contribution in [3.63, 3.8) is 0 Å². The number of thiazole rings is 1. The van der Waals surface area contributed by atoms with E-state index >= 15 is 0 Å². The topological polar surface area (TPSA) is 52.0 Å². The third-order valence-corrected chi connectivity index (χ3v) is 4.08. The summed E-state index contributed by atoms with van der Waals surface area (Å²) in [4.78, 5) is 5.12. The van der Waals surface area contributed by atoms with Gasteiger partial charge in [0, 0.05) is 18.1 Å². The molecule has 0 N–H and O–H groups in total. The molecule has 2 aromatic heterocycles. The molecule has 0 radical (unpaired) electrons. The summed E-state index contributed by atoms with van der Waals surface area (Å²) in [5.41, 5.74) is 1.11. The first-order chi connectivity index (χ1) is 11.8. The zero-order valence-electron chi connectivity index (χ0n) is 13.1. The van der Waals surface area contributed by atoms with Crippen molar-refractivity contribution in [3.8, 4) is 11.3 Å². The maximum Gasteiger partial charge on any atom is 0.206 e. The minimum Gasteiger partial charge on any atom is -0.463 e. The molecule has 124 valence electrons. The zero-order chi connectivity index (χ0) is 16.8. The van der Waals surface area contributed by atoms with Gasteiger partial charge in [0.05, 0.1) is 31.3 Å². The minimum absolute atomic E-state index is 0.305. The second-order valence-electron chi connectivity index (χ2n) is 4.83. The van der Waals surface area contributed by atoms with Crippen LogP contribution < -0.4 is 4.80 Å². The molecule has 2 heterocycles. The van der Waals surface area contributed by atoms with E-state index in [1.165, 1.54) is 17.4 Å². The monoisotopic (exact) mass is 345 g/mol. The maximum absolute atomic E-state index is 14.2. The largest absolute Gasteiger partial charge is 0.463 e. The highest BCUT2D eigenvalue weighted by Gasteiger charge is 2.11. The maximum atomic E-state index is 14.2. The lowest BCUT2D eigenvalue weighted by Crippen LogP contribution is -2.14. The molecule has 0 aliphatic carbocycles. The van der Waals surface area contributed by atoms with Crippen molar-refractivity contribution < 1.29 is 13.5 Å². The zero-order valence-corrected chi connectivity index (χ0v) is 13.9. The Hall–Kier alpha value is -2.51. The molecule has 0 spiro atoms. The van der Waals surface area contributed by atoms with Gasteiger partial charge in [-0.25, -0.2) is 9.07 Å². The van der Waals surface area contributed by atoms with E-state index in [9.17, 15) is 4.39 Å². The van der Waals surface area contributed by atoms with Gasteiger partial charge in [0.2, 0.25) is 4.80 Å². The molecule has 3 aromatic rings. The van der Waals surface area contributed by atoms with Gasteiger partial charge in [0.25, 0.3) is 0 Å². The Morgan fingerprint density at radius 1 is 1.29 bits per heavy atom. The van der Waals surface area contributed by atoms with E-state index in [0.29, 0.717) is 35.0 Å². The van der Waals surface area contributed by atoms with Crippen molar-refractivity contribution >= 4 is 17.6 Å². The molecule has 24 heavy (non-hydrogen) atoms. The van der Waals surface area contributed by atoms with E-state index in [1.54, 1.807) is 54.6 Å². The Morgan fingerprint density at radius 2 is 2.17 bits per heavy atom. The molecule has 0 unspecified atom stereocenters. The Bertz CT molecular complexity index is 881. The average molecular weight is 345 g/mol. The highest BCUT2D eigenvalue weighted by atomic mass is 32.1. The summed E-state index contributed by atoms with van der Waals surface area (Å²) in [5, 5.41) is 6.25. The molecule has 0 bridgehead atoms. The Labute approximate surface area is 142 Å². The Kier molecular flexibility index (Phi) is 5.35. The number of halogens is 1. The van der Waals surface area contributed by atoms with Crippen LogP contribution >= 0.6 is 11.3 Å². The van der Waals surface area contributed by atoms with Gasteiger partial charge >= 0.3 is 0 Å². The van der Waals surface area contributed by atoms with Crippen LogP contribution in [0.5, 0.6) is 0 Å². The van der Waals surface area contributed by atoms with Gasteiger partial charge in [-0.1, -0.05) is 12.1 Å². The van der Waals surface area contributed by atoms with E-state index in [1.807, 2.05) is 5.38 Å². The molecule has 0 fully saturated rings. The molecular weight excluding hydrogens is 329 g/mol. The summed E-state index contributed by atoms with van der Waals surface area (Å²) in [6, 6.07) is 10.2. The normalized spacial score (nSPS) is 12.3. The molecule has 0 atom stereocenters. The molecule has 0 amide bonds. The number of ether oxygens (including phenoxy) is 1. The van der Waals surface area contributed by atoms with Crippen LogP contribution in [0.2, 0.25) is 0 Å². The molecule has 1 aromatic carbocycles. The molecule has 0 aliphatic heterocycles. The van der Waals surface area contributed by atoms with Crippen LogP contribution in [0.4, 0.5) is 4.39 Å². The van der Waals surface area contributed by atoms with Gasteiger partial charge in [-0.2, -0.15) is 5.10 Å². The van der Waals surface area contributed by atoms with Gasteiger partial charge in [-0.05, 0) is 24.3 Å². The van der Waals surface area contributed by atoms with E-state index < -0.39 is 0 Å². The summed E-state index contributed by atoms with van der Waals surface area (Å²) in [6.45, 7) is 1.01. The number of furan rings is 1. The van der Waals surface area contributed by atoms with E-state index in [4.69, 9.17) is 9.15 Å². The first-order valence-corrected chi connectivity index (χ1v) is 8.20. The lowest BCUT2D eigenvalue weighted by Gasteiger charge is -2.04. The number of rotatable bonds is 6. The average Bonchev–Trinajstić information content (AvgIpc) is 3.23. The summed E-state index contributed by atoms with van der Waals surface area (Å²) < 4.78 is 26.0. The van der Waals surface area contributed by atoms with Crippen LogP contribution in [0.1, 0.15) is 5.76 Å². The second-order valence-corrected chi connectivity index (χ2v) is 5.67. The van der Waals surface area contributed by atoms with Crippen LogP contribution in [0, 0.1) is 5.82 Å². The molecule has 5 nitrogen and oxygen atoms in total. The standard InChI is InChI=1S/C17H16FN3O2S/c1-22-10-8-19-17-21(20-11-13-5-4-9-23-13)16(12-24-17)14-6-2-3-7-15(14)18/h2-7,9,11-12H,8,10H2,1H3/b19-17?,20-11+. The number of hydrogen-bond donors (Lipinski definition) is 0. The molecule has 0 aliphatic rings. The highest BCUT2D eigenvalue weighted by Crippen LogP contribution is 2.23. The number of aromatic nitrogens is 1. The Morgan fingerprint density at radius 3 is 2.92 bits per heavy atom. The number of nitrogens with zero attached hydrogens (tertiary/aromatic N) is 3.